The Hall–Kier alpha value is -2.80. The van der Waals surface area contributed by atoms with Gasteiger partial charge in [0.15, 0.2) is 0 Å². The highest BCUT2D eigenvalue weighted by Crippen LogP contribution is 2.35. The fourth-order valence-electron chi connectivity index (χ4n) is 3.05. The largest absolute Gasteiger partial charge is 0.371 e. The molecule has 0 N–H and O–H groups in total. The minimum atomic E-state index is -3.61. The molecule has 0 atom stereocenters. The molecule has 0 fully saturated rings. The molecule has 0 aliphatic carbocycles. The van der Waals surface area contributed by atoms with Gasteiger partial charge < -0.3 is 4.90 Å². The smallest absolute Gasteiger partial charge is 0.264 e. The van der Waals surface area contributed by atoms with Crippen LogP contribution < -0.4 is 9.21 Å². The van der Waals surface area contributed by atoms with Crippen LogP contribution in [-0.4, -0.2) is 38.3 Å². The Bertz CT molecular complexity index is 982. The Morgan fingerprint density at radius 2 is 1.64 bits per heavy atom. The summed E-state index contributed by atoms with van der Waals surface area (Å²) < 4.78 is 29.5. The summed E-state index contributed by atoms with van der Waals surface area (Å²) in [5.41, 5.74) is 2.46. The number of rotatable bonds is 3. The van der Waals surface area contributed by atoms with Crippen molar-refractivity contribution < 1.29 is 8.42 Å². The molecule has 2 heterocycles. The van der Waals surface area contributed by atoms with Crippen LogP contribution in [0, 0.1) is 0 Å². The van der Waals surface area contributed by atoms with E-state index in [2.05, 4.69) is 10.00 Å². The third-order valence-electron chi connectivity index (χ3n) is 4.39. The minimum Gasteiger partial charge on any atom is -0.371 e. The van der Waals surface area contributed by atoms with E-state index in [0.717, 1.165) is 11.4 Å². The third kappa shape index (κ3) is 2.66. The summed E-state index contributed by atoms with van der Waals surface area (Å²) in [6, 6.07) is 16.2. The third-order valence-corrected chi connectivity index (χ3v) is 6.22. The molecule has 1 aliphatic rings. The molecular formula is C18H18N4O2S. The van der Waals surface area contributed by atoms with Crippen molar-refractivity contribution in [1.82, 2.24) is 9.78 Å². The first-order valence-corrected chi connectivity index (χ1v) is 9.44. The van der Waals surface area contributed by atoms with Crippen molar-refractivity contribution in [3.63, 3.8) is 0 Å². The molecule has 25 heavy (non-hydrogen) atoms. The first-order valence-electron chi connectivity index (χ1n) is 8.00. The fourth-order valence-corrected chi connectivity index (χ4v) is 4.52. The second kappa shape index (κ2) is 5.93. The van der Waals surface area contributed by atoms with Crippen molar-refractivity contribution in [2.24, 2.45) is 0 Å². The SMILES string of the molecule is CN1CCN(S(=O)(=O)c2ccc(-n3cccn3)cc2)c2ccccc21. The molecule has 4 rings (SSSR count). The molecule has 1 aromatic heterocycles. The molecule has 0 radical (unpaired) electrons. The quantitative estimate of drug-likeness (QED) is 0.725. The fraction of sp³-hybridized carbons (Fsp3) is 0.167. The summed E-state index contributed by atoms with van der Waals surface area (Å²) >= 11 is 0. The highest BCUT2D eigenvalue weighted by molar-refractivity contribution is 7.92. The van der Waals surface area contributed by atoms with E-state index >= 15 is 0 Å². The van der Waals surface area contributed by atoms with Crippen molar-refractivity contribution in [2.75, 3.05) is 29.3 Å². The van der Waals surface area contributed by atoms with Crippen LogP contribution in [0.25, 0.3) is 5.69 Å². The standard InChI is InChI=1S/C18H18N4O2S/c1-20-13-14-22(18-6-3-2-5-17(18)20)25(23,24)16-9-7-15(8-10-16)21-12-4-11-19-21/h2-12H,13-14H2,1H3. The number of fused-ring (bicyclic) bond motifs is 1. The van der Waals surface area contributed by atoms with Gasteiger partial charge in [-0.1, -0.05) is 12.1 Å². The Balaban J connectivity index is 1.72. The highest BCUT2D eigenvalue weighted by Gasteiger charge is 2.30. The summed E-state index contributed by atoms with van der Waals surface area (Å²) in [4.78, 5) is 2.35. The molecule has 3 aromatic rings. The van der Waals surface area contributed by atoms with Crippen LogP contribution in [0.15, 0.2) is 71.9 Å². The van der Waals surface area contributed by atoms with Crippen LogP contribution >= 0.6 is 0 Å². The number of benzene rings is 2. The lowest BCUT2D eigenvalue weighted by atomic mass is 10.2. The zero-order valence-corrected chi connectivity index (χ0v) is 14.6. The van der Waals surface area contributed by atoms with E-state index in [4.69, 9.17) is 0 Å². The highest BCUT2D eigenvalue weighted by atomic mass is 32.2. The molecule has 6 nitrogen and oxygen atoms in total. The molecule has 0 spiro atoms. The number of para-hydroxylation sites is 2. The van der Waals surface area contributed by atoms with Crippen molar-refractivity contribution in [1.29, 1.82) is 0 Å². The van der Waals surface area contributed by atoms with Gasteiger partial charge in [0.05, 0.1) is 28.5 Å². The maximum absolute atomic E-state index is 13.1. The monoisotopic (exact) mass is 354 g/mol. The Morgan fingerprint density at radius 1 is 0.920 bits per heavy atom. The van der Waals surface area contributed by atoms with E-state index < -0.39 is 10.0 Å². The molecule has 128 valence electrons. The zero-order chi connectivity index (χ0) is 17.4. The van der Waals surface area contributed by atoms with E-state index in [1.807, 2.05) is 43.6 Å². The topological polar surface area (TPSA) is 58.4 Å². The van der Waals surface area contributed by atoms with E-state index in [9.17, 15) is 8.42 Å². The maximum atomic E-state index is 13.1. The lowest BCUT2D eigenvalue weighted by Gasteiger charge is -2.36. The Morgan fingerprint density at radius 3 is 2.32 bits per heavy atom. The predicted molar refractivity (Wildman–Crippen MR) is 97.8 cm³/mol. The van der Waals surface area contributed by atoms with Crippen LogP contribution in [0.3, 0.4) is 0 Å². The van der Waals surface area contributed by atoms with Crippen molar-refractivity contribution in [3.05, 3.63) is 67.0 Å². The molecule has 1 aliphatic heterocycles. The summed E-state index contributed by atoms with van der Waals surface area (Å²) in [5, 5.41) is 4.16. The second-order valence-corrected chi connectivity index (χ2v) is 7.79. The van der Waals surface area contributed by atoms with Crippen LogP contribution in [0.4, 0.5) is 11.4 Å². The normalized spacial score (nSPS) is 14.4. The van der Waals surface area contributed by atoms with Gasteiger partial charge in [-0.15, -0.1) is 0 Å². The summed E-state index contributed by atoms with van der Waals surface area (Å²) in [6.45, 7) is 1.08. The van der Waals surface area contributed by atoms with E-state index in [-0.39, 0.29) is 4.90 Å². The van der Waals surface area contributed by atoms with Gasteiger partial charge in [-0.3, -0.25) is 4.31 Å². The second-order valence-electron chi connectivity index (χ2n) is 5.93. The first kappa shape index (κ1) is 15.7. The molecule has 0 bridgehead atoms. The van der Waals surface area contributed by atoms with Gasteiger partial charge in [0.25, 0.3) is 10.0 Å². The number of sulfonamides is 1. The minimum absolute atomic E-state index is 0.280. The number of hydrogen-bond donors (Lipinski definition) is 0. The molecule has 0 unspecified atom stereocenters. The summed E-state index contributed by atoms with van der Waals surface area (Å²) in [6.07, 6.45) is 3.51. The predicted octanol–water partition coefficient (Wildman–Crippen LogP) is 2.52. The molecule has 0 saturated heterocycles. The van der Waals surface area contributed by atoms with Crippen molar-refractivity contribution in [2.45, 2.75) is 4.90 Å². The number of hydrogen-bond acceptors (Lipinski definition) is 4. The number of nitrogens with zero attached hydrogens (tertiary/aromatic N) is 4. The van der Waals surface area contributed by atoms with Gasteiger partial charge in [0.1, 0.15) is 0 Å². The lowest BCUT2D eigenvalue weighted by molar-refractivity contribution is 0.589. The summed E-state index contributed by atoms with van der Waals surface area (Å²) in [7, 11) is -1.63. The molecule has 7 heteroatoms. The molecule has 0 amide bonds. The first-order chi connectivity index (χ1) is 12.1. The van der Waals surface area contributed by atoms with Crippen molar-refractivity contribution in [3.8, 4) is 5.69 Å². The van der Waals surface area contributed by atoms with E-state index in [1.54, 1.807) is 35.1 Å². The molecule has 2 aromatic carbocycles. The van der Waals surface area contributed by atoms with Gasteiger partial charge in [0.2, 0.25) is 0 Å². The van der Waals surface area contributed by atoms with Crippen LogP contribution in [0.2, 0.25) is 0 Å². The van der Waals surface area contributed by atoms with Gasteiger partial charge in [-0.05, 0) is 42.5 Å². The van der Waals surface area contributed by atoms with Gasteiger partial charge >= 0.3 is 0 Å². The zero-order valence-electron chi connectivity index (χ0n) is 13.8. The number of anilines is 2. The van der Waals surface area contributed by atoms with Gasteiger partial charge in [0, 0.05) is 26.0 Å². The summed E-state index contributed by atoms with van der Waals surface area (Å²) in [5.74, 6) is 0. The average Bonchev–Trinajstić information content (AvgIpc) is 3.17. The van der Waals surface area contributed by atoms with Gasteiger partial charge in [-0.2, -0.15) is 5.10 Å². The Labute approximate surface area is 147 Å². The lowest BCUT2D eigenvalue weighted by Crippen LogP contribution is -2.42. The molecular weight excluding hydrogens is 336 g/mol. The van der Waals surface area contributed by atoms with Crippen molar-refractivity contribution >= 4 is 21.4 Å². The van der Waals surface area contributed by atoms with E-state index in [1.165, 1.54) is 4.31 Å². The Kier molecular flexibility index (Phi) is 3.73. The van der Waals surface area contributed by atoms with E-state index in [0.29, 0.717) is 18.8 Å². The molecule has 0 saturated carbocycles. The average molecular weight is 354 g/mol. The maximum Gasteiger partial charge on any atom is 0.264 e. The van der Waals surface area contributed by atoms with Gasteiger partial charge in [-0.25, -0.2) is 13.1 Å². The van der Waals surface area contributed by atoms with Crippen LogP contribution in [0.1, 0.15) is 0 Å². The number of likely N-dealkylation sites (N-methyl/N-ethyl adjacent to an activating group) is 1. The van der Waals surface area contributed by atoms with Crippen LogP contribution in [-0.2, 0) is 10.0 Å². The number of aromatic nitrogens is 2. The van der Waals surface area contributed by atoms with Crippen LogP contribution in [0.5, 0.6) is 0 Å².